The molecule has 1 atom stereocenters. The first-order valence-corrected chi connectivity index (χ1v) is 9.89. The van der Waals surface area contributed by atoms with E-state index in [2.05, 4.69) is 4.72 Å². The number of fused-ring (bicyclic) bond motifs is 1. The molecule has 0 aromatic heterocycles. The Morgan fingerprint density at radius 1 is 1.26 bits per heavy atom. The molecule has 0 bridgehead atoms. The smallest absolute Gasteiger partial charge is 0.341 e. The molecule has 2 aromatic carbocycles. The summed E-state index contributed by atoms with van der Waals surface area (Å²) in [5.41, 5.74) is 0.0685. The zero-order chi connectivity index (χ0) is 19.7. The number of sulfonamides is 1. The van der Waals surface area contributed by atoms with Gasteiger partial charge in [0.2, 0.25) is 10.0 Å². The number of aliphatic carboxylic acids is 1. The third-order valence-corrected chi connectivity index (χ3v) is 5.64. The van der Waals surface area contributed by atoms with Crippen LogP contribution in [-0.2, 0) is 14.8 Å². The fourth-order valence-corrected chi connectivity index (χ4v) is 4.26. The van der Waals surface area contributed by atoms with E-state index in [1.165, 1.54) is 12.1 Å². The lowest BCUT2D eigenvalue weighted by Crippen LogP contribution is -2.41. The Hall–Kier alpha value is -2.58. The van der Waals surface area contributed by atoms with Crippen LogP contribution >= 0.6 is 0 Å². The van der Waals surface area contributed by atoms with Crippen LogP contribution < -0.4 is 14.2 Å². The van der Waals surface area contributed by atoms with Gasteiger partial charge in [0.15, 0.2) is 6.61 Å². The lowest BCUT2D eigenvalue weighted by Gasteiger charge is -2.37. The predicted molar refractivity (Wildman–Crippen MR) is 98.4 cm³/mol. The van der Waals surface area contributed by atoms with Crippen LogP contribution in [0, 0.1) is 0 Å². The van der Waals surface area contributed by atoms with Crippen LogP contribution in [0.25, 0.3) is 0 Å². The highest BCUT2D eigenvalue weighted by molar-refractivity contribution is 7.89. The average molecular weight is 391 g/mol. The predicted octanol–water partition coefficient (Wildman–Crippen LogP) is 2.73. The zero-order valence-electron chi connectivity index (χ0n) is 15.0. The van der Waals surface area contributed by atoms with Crippen molar-refractivity contribution in [2.24, 2.45) is 0 Å². The fourth-order valence-electron chi connectivity index (χ4n) is 3.03. The van der Waals surface area contributed by atoms with E-state index >= 15 is 0 Å². The van der Waals surface area contributed by atoms with Crippen LogP contribution in [0.2, 0.25) is 0 Å². The van der Waals surface area contributed by atoms with Gasteiger partial charge in [0.25, 0.3) is 0 Å². The highest BCUT2D eigenvalue weighted by Gasteiger charge is 2.36. The van der Waals surface area contributed by atoms with Crippen molar-refractivity contribution in [2.75, 3.05) is 6.61 Å². The van der Waals surface area contributed by atoms with E-state index in [4.69, 9.17) is 14.6 Å². The van der Waals surface area contributed by atoms with Gasteiger partial charge in [-0.3, -0.25) is 0 Å². The molecule has 0 amide bonds. The van der Waals surface area contributed by atoms with Crippen LogP contribution in [0.3, 0.4) is 0 Å². The number of carboxylic acid groups (broad SMARTS) is 1. The minimum absolute atomic E-state index is 0.192. The number of ether oxygens (including phenoxy) is 2. The number of carboxylic acids is 1. The van der Waals surface area contributed by atoms with Gasteiger partial charge in [0.05, 0.1) is 10.9 Å². The van der Waals surface area contributed by atoms with Crippen molar-refractivity contribution in [1.29, 1.82) is 0 Å². The number of hydrogen-bond acceptors (Lipinski definition) is 5. The first-order valence-electron chi connectivity index (χ1n) is 8.41. The molecule has 27 heavy (non-hydrogen) atoms. The Kier molecular flexibility index (Phi) is 5.12. The molecular formula is C19H21NO6S. The van der Waals surface area contributed by atoms with E-state index in [-0.39, 0.29) is 4.90 Å². The molecule has 1 aliphatic heterocycles. The molecular weight excluding hydrogens is 370 g/mol. The van der Waals surface area contributed by atoms with Gasteiger partial charge < -0.3 is 14.6 Å². The van der Waals surface area contributed by atoms with E-state index in [0.717, 1.165) is 0 Å². The second kappa shape index (κ2) is 7.21. The Morgan fingerprint density at radius 3 is 2.63 bits per heavy atom. The minimum atomic E-state index is -3.70. The van der Waals surface area contributed by atoms with Gasteiger partial charge in [-0.1, -0.05) is 24.3 Å². The van der Waals surface area contributed by atoms with Crippen molar-refractivity contribution in [1.82, 2.24) is 4.72 Å². The summed E-state index contributed by atoms with van der Waals surface area (Å²) < 4.78 is 39.3. The number of carbonyl (C=O) groups is 1. The van der Waals surface area contributed by atoms with Crippen LogP contribution in [-0.4, -0.2) is 31.7 Å². The number of nitrogens with one attached hydrogen (secondary N) is 1. The Labute approximate surface area is 158 Å². The summed E-state index contributed by atoms with van der Waals surface area (Å²) in [5.74, 6) is -0.268. The molecule has 0 spiro atoms. The van der Waals surface area contributed by atoms with Crippen molar-refractivity contribution in [3.63, 3.8) is 0 Å². The van der Waals surface area contributed by atoms with Gasteiger partial charge in [-0.15, -0.1) is 0 Å². The summed E-state index contributed by atoms with van der Waals surface area (Å²) in [4.78, 5) is 10.9. The molecule has 0 aliphatic carbocycles. The molecule has 0 radical (unpaired) electrons. The molecule has 0 saturated heterocycles. The highest BCUT2D eigenvalue weighted by atomic mass is 32.2. The van der Waals surface area contributed by atoms with Crippen molar-refractivity contribution in [3.05, 3.63) is 54.1 Å². The molecule has 1 heterocycles. The number of rotatable bonds is 6. The molecule has 1 unspecified atom stereocenters. The maximum atomic E-state index is 12.7. The second-order valence-corrected chi connectivity index (χ2v) is 8.65. The Morgan fingerprint density at radius 2 is 1.96 bits per heavy atom. The first-order chi connectivity index (χ1) is 12.7. The molecule has 0 fully saturated rings. The van der Waals surface area contributed by atoms with Crippen molar-refractivity contribution in [2.45, 2.75) is 36.8 Å². The quantitative estimate of drug-likeness (QED) is 0.785. The van der Waals surface area contributed by atoms with Gasteiger partial charge in [-0.25, -0.2) is 17.9 Å². The molecule has 3 rings (SSSR count). The topological polar surface area (TPSA) is 102 Å². The van der Waals surface area contributed by atoms with E-state index in [1.54, 1.807) is 36.4 Å². The van der Waals surface area contributed by atoms with E-state index in [0.29, 0.717) is 23.5 Å². The van der Waals surface area contributed by atoms with Crippen LogP contribution in [0.1, 0.15) is 31.9 Å². The van der Waals surface area contributed by atoms with E-state index in [9.17, 15) is 13.2 Å². The average Bonchev–Trinajstić information content (AvgIpc) is 2.59. The SMILES string of the molecule is CC1(C)CC(NS(=O)(=O)c2ccccc2)c2ccc(OCC(=O)O)cc2O1. The number of benzene rings is 2. The lowest BCUT2D eigenvalue weighted by molar-refractivity contribution is -0.139. The van der Waals surface area contributed by atoms with Crippen molar-refractivity contribution < 1.29 is 27.8 Å². The van der Waals surface area contributed by atoms with Crippen molar-refractivity contribution in [3.8, 4) is 11.5 Å². The standard InChI is InChI=1S/C19H21NO6S/c1-19(2)11-16(20-27(23,24)14-6-4-3-5-7-14)15-9-8-13(10-17(15)26-19)25-12-18(21)22/h3-10,16,20H,11-12H2,1-2H3,(H,21,22). The van der Waals surface area contributed by atoms with Gasteiger partial charge in [0, 0.05) is 18.1 Å². The number of hydrogen-bond donors (Lipinski definition) is 2. The molecule has 7 nitrogen and oxygen atoms in total. The summed E-state index contributed by atoms with van der Waals surface area (Å²) >= 11 is 0. The Bertz CT molecular complexity index is 940. The molecule has 1 aliphatic rings. The lowest BCUT2D eigenvalue weighted by atomic mass is 9.90. The normalized spacial score (nSPS) is 18.2. The van der Waals surface area contributed by atoms with E-state index < -0.39 is 34.2 Å². The van der Waals surface area contributed by atoms with Crippen LogP contribution in [0.15, 0.2) is 53.4 Å². The zero-order valence-corrected chi connectivity index (χ0v) is 15.8. The molecule has 8 heteroatoms. The molecule has 2 aromatic rings. The monoisotopic (exact) mass is 391 g/mol. The highest BCUT2D eigenvalue weighted by Crippen LogP contribution is 2.41. The van der Waals surface area contributed by atoms with E-state index in [1.807, 2.05) is 13.8 Å². The van der Waals surface area contributed by atoms with Gasteiger partial charge in [-0.05, 0) is 32.0 Å². The molecule has 144 valence electrons. The Balaban J connectivity index is 1.90. The molecule has 0 saturated carbocycles. The second-order valence-electron chi connectivity index (χ2n) is 6.93. The third kappa shape index (κ3) is 4.58. The molecule has 2 N–H and O–H groups in total. The van der Waals surface area contributed by atoms with Crippen LogP contribution in [0.4, 0.5) is 0 Å². The summed E-state index contributed by atoms with van der Waals surface area (Å²) in [6, 6.07) is 12.6. The fraction of sp³-hybridized carbons (Fsp3) is 0.316. The summed E-state index contributed by atoms with van der Waals surface area (Å²) in [7, 11) is -3.70. The van der Waals surface area contributed by atoms with Gasteiger partial charge in [0.1, 0.15) is 17.1 Å². The largest absolute Gasteiger partial charge is 0.487 e. The summed E-state index contributed by atoms with van der Waals surface area (Å²) in [6.45, 7) is 3.27. The van der Waals surface area contributed by atoms with Crippen LogP contribution in [0.5, 0.6) is 11.5 Å². The summed E-state index contributed by atoms with van der Waals surface area (Å²) in [5, 5.41) is 8.74. The van der Waals surface area contributed by atoms with Gasteiger partial charge >= 0.3 is 5.97 Å². The van der Waals surface area contributed by atoms with Crippen molar-refractivity contribution >= 4 is 16.0 Å². The third-order valence-electron chi connectivity index (χ3n) is 4.16. The first kappa shape index (κ1) is 19.2. The maximum absolute atomic E-state index is 12.7. The minimum Gasteiger partial charge on any atom is -0.487 e. The summed E-state index contributed by atoms with van der Waals surface area (Å²) in [6.07, 6.45) is 0.446. The maximum Gasteiger partial charge on any atom is 0.341 e. The van der Waals surface area contributed by atoms with Gasteiger partial charge in [-0.2, -0.15) is 0 Å².